The highest BCUT2D eigenvalue weighted by Gasteiger charge is 2.15. The number of benzene rings is 1. The molecule has 1 aliphatic rings. The first-order valence-corrected chi connectivity index (χ1v) is 7.61. The summed E-state index contributed by atoms with van der Waals surface area (Å²) in [7, 11) is 0. The van der Waals surface area contributed by atoms with Gasteiger partial charge in [0.05, 0.1) is 24.3 Å². The van der Waals surface area contributed by atoms with E-state index < -0.39 is 5.91 Å². The normalized spacial score (nSPS) is 13.8. The van der Waals surface area contributed by atoms with Crippen molar-refractivity contribution in [3.8, 4) is 11.5 Å². The van der Waals surface area contributed by atoms with Crippen LogP contribution in [0, 0.1) is 0 Å². The van der Waals surface area contributed by atoms with Crippen LogP contribution in [0.1, 0.15) is 12.0 Å². The van der Waals surface area contributed by atoms with Crippen molar-refractivity contribution in [2.45, 2.75) is 13.0 Å². The van der Waals surface area contributed by atoms with E-state index in [9.17, 15) is 4.79 Å². The number of primary amides is 1. The second-order valence-electron chi connectivity index (χ2n) is 4.65. The Morgan fingerprint density at radius 1 is 1.38 bits per heavy atom. The van der Waals surface area contributed by atoms with Crippen LogP contribution in [-0.4, -0.2) is 38.9 Å². The molecule has 7 heteroatoms. The van der Waals surface area contributed by atoms with E-state index >= 15 is 0 Å². The lowest BCUT2D eigenvalue weighted by Crippen LogP contribution is -2.23. The number of rotatable bonds is 7. The average Bonchev–Trinajstić information content (AvgIpc) is 2.68. The first-order valence-electron chi connectivity index (χ1n) is 6.81. The predicted molar refractivity (Wildman–Crippen MR) is 81.5 cm³/mol. The smallest absolute Gasteiger partial charge is 0.243 e. The van der Waals surface area contributed by atoms with E-state index in [1.807, 2.05) is 12.1 Å². The van der Waals surface area contributed by atoms with Gasteiger partial charge in [-0.1, -0.05) is 0 Å². The van der Waals surface area contributed by atoms with Gasteiger partial charge in [0.2, 0.25) is 5.91 Å². The van der Waals surface area contributed by atoms with Gasteiger partial charge in [-0.3, -0.25) is 4.79 Å². The maximum absolute atomic E-state index is 10.5. The molecule has 116 valence electrons. The van der Waals surface area contributed by atoms with Crippen LogP contribution in [0.4, 0.5) is 0 Å². The van der Waals surface area contributed by atoms with Crippen LogP contribution in [0.15, 0.2) is 16.6 Å². The second kappa shape index (κ2) is 8.21. The van der Waals surface area contributed by atoms with Gasteiger partial charge >= 0.3 is 0 Å². The third-order valence-corrected chi connectivity index (χ3v) is 3.45. The van der Waals surface area contributed by atoms with Crippen molar-refractivity contribution in [2.24, 2.45) is 5.73 Å². The highest BCUT2D eigenvalue weighted by molar-refractivity contribution is 9.10. The number of carbonyl (C=O) groups is 1. The monoisotopic (exact) mass is 358 g/mol. The van der Waals surface area contributed by atoms with Gasteiger partial charge in [-0.25, -0.2) is 0 Å². The molecule has 3 N–H and O–H groups in total. The predicted octanol–water partition coefficient (Wildman–Crippen LogP) is 1.20. The molecule has 0 radical (unpaired) electrons. The van der Waals surface area contributed by atoms with Gasteiger partial charge in [0.15, 0.2) is 11.5 Å². The molecular weight excluding hydrogens is 340 g/mol. The molecule has 1 aromatic carbocycles. The number of nitrogens with two attached hydrogens (primary N) is 1. The van der Waals surface area contributed by atoms with Crippen LogP contribution in [0.3, 0.4) is 0 Å². The molecular formula is C14H19BrN2O4. The topological polar surface area (TPSA) is 82.8 Å². The SMILES string of the molecule is NC(=O)COCCNCc1cc(Br)c2c(c1)OCCCO2. The highest BCUT2D eigenvalue weighted by atomic mass is 79.9. The van der Waals surface area contributed by atoms with Crippen LogP contribution in [-0.2, 0) is 16.1 Å². The molecule has 21 heavy (non-hydrogen) atoms. The Kier molecular flexibility index (Phi) is 6.28. The number of halogens is 1. The Labute approximate surface area is 132 Å². The van der Waals surface area contributed by atoms with E-state index in [0.29, 0.717) is 32.9 Å². The summed E-state index contributed by atoms with van der Waals surface area (Å²) in [4.78, 5) is 10.5. The van der Waals surface area contributed by atoms with E-state index in [2.05, 4.69) is 21.2 Å². The molecule has 0 saturated heterocycles. The quantitative estimate of drug-likeness (QED) is 0.715. The minimum atomic E-state index is -0.457. The Bertz CT molecular complexity index is 496. The Hall–Kier alpha value is -1.31. The number of amides is 1. The zero-order valence-corrected chi connectivity index (χ0v) is 13.3. The van der Waals surface area contributed by atoms with Crippen molar-refractivity contribution in [3.05, 3.63) is 22.2 Å². The van der Waals surface area contributed by atoms with Gasteiger partial charge < -0.3 is 25.3 Å². The average molecular weight is 359 g/mol. The summed E-state index contributed by atoms with van der Waals surface area (Å²) in [6.07, 6.45) is 0.881. The van der Waals surface area contributed by atoms with Crippen LogP contribution < -0.4 is 20.5 Å². The molecule has 0 atom stereocenters. The summed E-state index contributed by atoms with van der Waals surface area (Å²) in [6.45, 7) is 3.04. The van der Waals surface area contributed by atoms with E-state index in [4.69, 9.17) is 19.9 Å². The van der Waals surface area contributed by atoms with Crippen LogP contribution >= 0.6 is 15.9 Å². The first-order chi connectivity index (χ1) is 10.2. The highest BCUT2D eigenvalue weighted by Crippen LogP contribution is 2.38. The summed E-state index contributed by atoms with van der Waals surface area (Å²) in [6, 6.07) is 3.98. The first kappa shape index (κ1) is 16.1. The standard InChI is InChI=1S/C14H19BrN2O4/c15-11-6-10(8-17-2-5-19-9-13(16)18)7-12-14(11)21-4-1-3-20-12/h6-7,17H,1-5,8-9H2,(H2,16,18). The zero-order valence-electron chi connectivity index (χ0n) is 11.7. The number of hydrogen-bond donors (Lipinski definition) is 2. The van der Waals surface area contributed by atoms with Crippen molar-refractivity contribution in [2.75, 3.05) is 33.0 Å². The number of hydrogen-bond acceptors (Lipinski definition) is 5. The molecule has 1 amide bonds. The van der Waals surface area contributed by atoms with Crippen LogP contribution in [0.25, 0.3) is 0 Å². The third-order valence-electron chi connectivity index (χ3n) is 2.86. The molecule has 2 rings (SSSR count). The maximum atomic E-state index is 10.5. The lowest BCUT2D eigenvalue weighted by Gasteiger charge is -2.12. The van der Waals surface area contributed by atoms with Gasteiger partial charge in [-0.2, -0.15) is 0 Å². The van der Waals surface area contributed by atoms with Gasteiger partial charge in [0, 0.05) is 19.5 Å². The lowest BCUT2D eigenvalue weighted by molar-refractivity contribution is -0.122. The van der Waals surface area contributed by atoms with Gasteiger partial charge in [-0.05, 0) is 33.6 Å². The van der Waals surface area contributed by atoms with Gasteiger partial charge in [0.25, 0.3) is 0 Å². The minimum Gasteiger partial charge on any atom is -0.490 e. The van der Waals surface area contributed by atoms with Crippen molar-refractivity contribution < 1.29 is 19.0 Å². The Balaban J connectivity index is 1.82. The fourth-order valence-corrected chi connectivity index (χ4v) is 2.54. The minimum absolute atomic E-state index is 0.0444. The fraction of sp³-hybridized carbons (Fsp3) is 0.500. The summed E-state index contributed by atoms with van der Waals surface area (Å²) < 4.78 is 17.3. The van der Waals surface area contributed by atoms with Crippen molar-refractivity contribution in [1.82, 2.24) is 5.32 Å². The van der Waals surface area contributed by atoms with Crippen LogP contribution in [0.5, 0.6) is 11.5 Å². The molecule has 1 aliphatic heterocycles. The summed E-state index contributed by atoms with van der Waals surface area (Å²) in [5.41, 5.74) is 6.06. The molecule has 0 unspecified atom stereocenters. The molecule has 1 aromatic rings. The van der Waals surface area contributed by atoms with E-state index in [0.717, 1.165) is 28.0 Å². The fourth-order valence-electron chi connectivity index (χ4n) is 1.94. The lowest BCUT2D eigenvalue weighted by atomic mass is 10.2. The second-order valence-corrected chi connectivity index (χ2v) is 5.51. The summed E-state index contributed by atoms with van der Waals surface area (Å²) >= 11 is 3.51. The molecule has 0 aliphatic carbocycles. The molecule has 0 spiro atoms. The number of carbonyl (C=O) groups excluding carboxylic acids is 1. The van der Waals surface area contributed by atoms with Crippen molar-refractivity contribution in [3.63, 3.8) is 0 Å². The summed E-state index contributed by atoms with van der Waals surface area (Å²) in [5, 5.41) is 3.23. The number of ether oxygens (including phenoxy) is 3. The summed E-state index contributed by atoms with van der Waals surface area (Å²) in [5.74, 6) is 1.08. The maximum Gasteiger partial charge on any atom is 0.243 e. The van der Waals surface area contributed by atoms with Crippen LogP contribution in [0.2, 0.25) is 0 Å². The number of fused-ring (bicyclic) bond motifs is 1. The van der Waals surface area contributed by atoms with E-state index in [-0.39, 0.29) is 6.61 Å². The van der Waals surface area contributed by atoms with Crippen molar-refractivity contribution >= 4 is 21.8 Å². The Morgan fingerprint density at radius 2 is 2.19 bits per heavy atom. The largest absolute Gasteiger partial charge is 0.490 e. The molecule has 6 nitrogen and oxygen atoms in total. The molecule has 0 saturated carbocycles. The van der Waals surface area contributed by atoms with E-state index in [1.165, 1.54) is 0 Å². The van der Waals surface area contributed by atoms with Crippen molar-refractivity contribution in [1.29, 1.82) is 0 Å². The zero-order chi connectivity index (χ0) is 15.1. The van der Waals surface area contributed by atoms with E-state index in [1.54, 1.807) is 0 Å². The molecule has 0 aromatic heterocycles. The Morgan fingerprint density at radius 3 is 3.00 bits per heavy atom. The molecule has 0 bridgehead atoms. The molecule has 1 heterocycles. The van der Waals surface area contributed by atoms with Gasteiger partial charge in [-0.15, -0.1) is 0 Å². The third kappa shape index (κ3) is 5.18. The van der Waals surface area contributed by atoms with Gasteiger partial charge in [0.1, 0.15) is 6.61 Å². The molecule has 0 fully saturated rings. The number of nitrogens with one attached hydrogen (secondary N) is 1.